The van der Waals surface area contributed by atoms with Crippen molar-refractivity contribution < 1.29 is 14.4 Å². The van der Waals surface area contributed by atoms with Crippen molar-refractivity contribution in [2.75, 3.05) is 11.9 Å². The van der Waals surface area contributed by atoms with Crippen molar-refractivity contribution >= 4 is 12.0 Å². The summed E-state index contributed by atoms with van der Waals surface area (Å²) in [6.07, 6.45) is 4.81. The van der Waals surface area contributed by atoms with E-state index in [1.54, 1.807) is 33.2 Å². The molecule has 1 saturated carbocycles. The fourth-order valence-electron chi connectivity index (χ4n) is 1.89. The Labute approximate surface area is 117 Å². The van der Waals surface area contributed by atoms with Crippen LogP contribution in [0.4, 0.5) is 10.7 Å². The Morgan fingerprint density at radius 2 is 2.00 bits per heavy atom. The van der Waals surface area contributed by atoms with Crippen LogP contribution in [0.2, 0.25) is 0 Å². The third-order valence-electron chi connectivity index (χ3n) is 3.09. The highest BCUT2D eigenvalue weighted by atomic mass is 16.6. The van der Waals surface area contributed by atoms with Crippen molar-refractivity contribution in [2.24, 2.45) is 5.90 Å². The van der Waals surface area contributed by atoms with Gasteiger partial charge in [0.1, 0.15) is 5.60 Å². The molecule has 0 bridgehead atoms. The summed E-state index contributed by atoms with van der Waals surface area (Å²) >= 11 is 0. The molecular formula is C13H20N4O3. The van der Waals surface area contributed by atoms with E-state index in [4.69, 9.17) is 15.5 Å². The zero-order valence-electron chi connectivity index (χ0n) is 12.0. The van der Waals surface area contributed by atoms with E-state index in [9.17, 15) is 4.79 Å². The van der Waals surface area contributed by atoms with Crippen LogP contribution in [0, 0.1) is 0 Å². The second kappa shape index (κ2) is 5.34. The average Bonchev–Trinajstić information content (AvgIpc) is 3.09. The van der Waals surface area contributed by atoms with Crippen LogP contribution in [0.5, 0.6) is 0 Å². The molecule has 0 spiro atoms. The standard InChI is InChI=1S/C13H20N4O3/c1-12(2,3)20-11(18)17-10-15-6-9(7-16-10)13(4-5-13)8-19-14/h6-7H,4-5,8,14H2,1-3H3,(H,15,16,17,18). The fraction of sp³-hybridized carbons (Fsp3) is 0.615. The largest absolute Gasteiger partial charge is 0.444 e. The predicted octanol–water partition coefficient (Wildman–Crippen LogP) is 1.75. The van der Waals surface area contributed by atoms with Gasteiger partial charge in [0.15, 0.2) is 0 Å². The molecule has 0 unspecified atom stereocenters. The average molecular weight is 280 g/mol. The number of aromatic nitrogens is 2. The highest BCUT2D eigenvalue weighted by Crippen LogP contribution is 2.47. The Hall–Kier alpha value is -1.73. The molecule has 0 aromatic carbocycles. The minimum atomic E-state index is -0.573. The molecule has 1 fully saturated rings. The lowest BCUT2D eigenvalue weighted by molar-refractivity contribution is 0.0634. The molecule has 20 heavy (non-hydrogen) atoms. The first-order valence-electron chi connectivity index (χ1n) is 6.49. The predicted molar refractivity (Wildman–Crippen MR) is 72.9 cm³/mol. The van der Waals surface area contributed by atoms with Crippen LogP contribution in [-0.2, 0) is 15.0 Å². The smallest absolute Gasteiger partial charge is 0.414 e. The zero-order valence-corrected chi connectivity index (χ0v) is 12.0. The van der Waals surface area contributed by atoms with E-state index >= 15 is 0 Å². The van der Waals surface area contributed by atoms with Crippen LogP contribution in [-0.4, -0.2) is 28.3 Å². The maximum atomic E-state index is 11.6. The Morgan fingerprint density at radius 1 is 1.40 bits per heavy atom. The molecule has 1 aromatic heterocycles. The molecule has 110 valence electrons. The van der Waals surface area contributed by atoms with Crippen molar-refractivity contribution in [3.63, 3.8) is 0 Å². The molecule has 2 rings (SSSR count). The summed E-state index contributed by atoms with van der Waals surface area (Å²) in [5, 5.41) is 2.49. The number of nitrogens with zero attached hydrogens (tertiary/aromatic N) is 2. The molecule has 0 atom stereocenters. The molecule has 1 aliphatic carbocycles. The second-order valence-corrected chi connectivity index (χ2v) is 6.01. The van der Waals surface area contributed by atoms with Crippen LogP contribution in [0.1, 0.15) is 39.2 Å². The normalized spacial score (nSPS) is 16.6. The topological polar surface area (TPSA) is 99.4 Å². The maximum Gasteiger partial charge on any atom is 0.414 e. The maximum absolute atomic E-state index is 11.6. The highest BCUT2D eigenvalue weighted by Gasteiger charge is 2.45. The number of carbonyl (C=O) groups is 1. The number of hydrogen-bond acceptors (Lipinski definition) is 6. The van der Waals surface area contributed by atoms with Gasteiger partial charge in [0.2, 0.25) is 5.95 Å². The molecule has 0 saturated heterocycles. The van der Waals surface area contributed by atoms with Crippen molar-refractivity contribution in [1.82, 2.24) is 9.97 Å². The van der Waals surface area contributed by atoms with Gasteiger partial charge in [-0.15, -0.1) is 0 Å². The van der Waals surface area contributed by atoms with E-state index in [2.05, 4.69) is 15.3 Å². The molecule has 0 aliphatic heterocycles. The highest BCUT2D eigenvalue weighted by molar-refractivity contribution is 5.82. The number of carbonyl (C=O) groups excluding carboxylic acids is 1. The molecule has 7 heteroatoms. The molecule has 1 aromatic rings. The van der Waals surface area contributed by atoms with E-state index in [0.717, 1.165) is 18.4 Å². The van der Waals surface area contributed by atoms with Crippen molar-refractivity contribution in [1.29, 1.82) is 0 Å². The molecule has 1 amide bonds. The van der Waals surface area contributed by atoms with Crippen LogP contribution in [0.25, 0.3) is 0 Å². The molecular weight excluding hydrogens is 260 g/mol. The molecule has 7 nitrogen and oxygen atoms in total. The van der Waals surface area contributed by atoms with Crippen LogP contribution >= 0.6 is 0 Å². The van der Waals surface area contributed by atoms with Gasteiger partial charge in [-0.1, -0.05) is 0 Å². The number of nitrogens with two attached hydrogens (primary N) is 1. The summed E-state index contributed by atoms with van der Waals surface area (Å²) in [6.45, 7) is 5.83. The monoisotopic (exact) mass is 280 g/mol. The van der Waals surface area contributed by atoms with Gasteiger partial charge in [0.05, 0.1) is 6.61 Å². The number of anilines is 1. The van der Waals surface area contributed by atoms with E-state index in [0.29, 0.717) is 6.61 Å². The number of rotatable bonds is 4. The van der Waals surface area contributed by atoms with Crippen molar-refractivity contribution in [2.45, 2.75) is 44.6 Å². The fourth-order valence-corrected chi connectivity index (χ4v) is 1.89. The molecule has 3 N–H and O–H groups in total. The summed E-state index contributed by atoms with van der Waals surface area (Å²) in [5.41, 5.74) is 0.359. The van der Waals surface area contributed by atoms with Gasteiger partial charge in [-0.05, 0) is 39.2 Å². The Kier molecular flexibility index (Phi) is 3.92. The van der Waals surface area contributed by atoms with Gasteiger partial charge in [-0.25, -0.2) is 20.7 Å². The first kappa shape index (κ1) is 14.7. The van der Waals surface area contributed by atoms with Crippen molar-refractivity contribution in [3.05, 3.63) is 18.0 Å². The third-order valence-corrected chi connectivity index (χ3v) is 3.09. The third kappa shape index (κ3) is 3.64. The quantitative estimate of drug-likeness (QED) is 0.815. The van der Waals surface area contributed by atoms with Crippen LogP contribution in [0.15, 0.2) is 12.4 Å². The molecule has 1 aliphatic rings. The van der Waals surface area contributed by atoms with Gasteiger partial charge in [-0.3, -0.25) is 5.32 Å². The molecule has 1 heterocycles. The second-order valence-electron chi connectivity index (χ2n) is 6.01. The minimum Gasteiger partial charge on any atom is -0.444 e. The van der Waals surface area contributed by atoms with Gasteiger partial charge < -0.3 is 9.57 Å². The van der Waals surface area contributed by atoms with Gasteiger partial charge in [-0.2, -0.15) is 0 Å². The Bertz CT molecular complexity index is 477. The number of ether oxygens (including phenoxy) is 1. The van der Waals surface area contributed by atoms with E-state index in [-0.39, 0.29) is 11.4 Å². The number of nitrogens with one attached hydrogen (secondary N) is 1. The van der Waals surface area contributed by atoms with Crippen LogP contribution in [0.3, 0.4) is 0 Å². The summed E-state index contributed by atoms with van der Waals surface area (Å²) in [7, 11) is 0. The molecule has 0 radical (unpaired) electrons. The Morgan fingerprint density at radius 3 is 2.45 bits per heavy atom. The van der Waals surface area contributed by atoms with Gasteiger partial charge in [0.25, 0.3) is 0 Å². The summed E-state index contributed by atoms with van der Waals surface area (Å²) in [6, 6.07) is 0. The summed E-state index contributed by atoms with van der Waals surface area (Å²) < 4.78 is 5.12. The lowest BCUT2D eigenvalue weighted by Gasteiger charge is -2.19. The summed E-state index contributed by atoms with van der Waals surface area (Å²) in [5.74, 6) is 5.35. The Balaban J connectivity index is 1.97. The SMILES string of the molecule is CC(C)(C)OC(=O)Nc1ncc(C2(CON)CC2)cn1. The summed E-state index contributed by atoms with van der Waals surface area (Å²) in [4.78, 5) is 24.5. The van der Waals surface area contributed by atoms with E-state index < -0.39 is 11.7 Å². The van der Waals surface area contributed by atoms with E-state index in [1.165, 1.54) is 0 Å². The lowest BCUT2D eigenvalue weighted by atomic mass is 10.0. The van der Waals surface area contributed by atoms with Crippen molar-refractivity contribution in [3.8, 4) is 0 Å². The number of hydrogen-bond donors (Lipinski definition) is 2. The minimum absolute atomic E-state index is 0.0564. The number of amides is 1. The van der Waals surface area contributed by atoms with Gasteiger partial charge >= 0.3 is 6.09 Å². The first-order valence-corrected chi connectivity index (χ1v) is 6.49. The van der Waals surface area contributed by atoms with Gasteiger partial charge in [0, 0.05) is 17.8 Å². The zero-order chi connectivity index (χ0) is 14.8. The van der Waals surface area contributed by atoms with Crippen LogP contribution < -0.4 is 11.2 Å². The van der Waals surface area contributed by atoms with E-state index in [1.807, 2.05) is 0 Å². The lowest BCUT2D eigenvalue weighted by Crippen LogP contribution is -2.28. The first-order chi connectivity index (χ1) is 9.35.